The van der Waals surface area contributed by atoms with Crippen molar-refractivity contribution >= 4 is 35.0 Å². The molecule has 0 radical (unpaired) electrons. The summed E-state index contributed by atoms with van der Waals surface area (Å²) in [6.07, 6.45) is 3.17. The lowest BCUT2D eigenvalue weighted by Crippen LogP contribution is -2.50. The molecule has 0 aliphatic rings. The summed E-state index contributed by atoms with van der Waals surface area (Å²) < 4.78 is 0. The quantitative estimate of drug-likeness (QED) is 0.227. The molecule has 0 aliphatic heterocycles. The summed E-state index contributed by atoms with van der Waals surface area (Å²) in [5.74, 6) is -0.220. The van der Waals surface area contributed by atoms with Crippen LogP contribution in [0.25, 0.3) is 0 Å². The molecule has 0 aliphatic carbocycles. The highest BCUT2D eigenvalue weighted by Crippen LogP contribution is 2.25. The van der Waals surface area contributed by atoms with Gasteiger partial charge in [0.05, 0.1) is 10.0 Å². The van der Waals surface area contributed by atoms with Crippen LogP contribution in [-0.2, 0) is 34.4 Å². The number of amides is 2. The van der Waals surface area contributed by atoms with Crippen molar-refractivity contribution in [3.63, 3.8) is 0 Å². The molecule has 0 saturated heterocycles. The fourth-order valence-electron chi connectivity index (χ4n) is 4.46. The Labute approximate surface area is 243 Å². The molecular weight excluding hydrogens is 527 g/mol. The van der Waals surface area contributed by atoms with Gasteiger partial charge >= 0.3 is 0 Å². The van der Waals surface area contributed by atoms with E-state index in [2.05, 4.69) is 57.3 Å². The number of aryl methyl sites for hydroxylation is 1. The van der Waals surface area contributed by atoms with E-state index >= 15 is 0 Å². The van der Waals surface area contributed by atoms with Gasteiger partial charge in [-0.25, -0.2) is 0 Å². The zero-order valence-electron chi connectivity index (χ0n) is 23.5. The Hall–Kier alpha value is -2.82. The number of hydrogen-bond donors (Lipinski definition) is 1. The van der Waals surface area contributed by atoms with Crippen LogP contribution in [0.4, 0.5) is 0 Å². The molecule has 3 aromatic carbocycles. The Morgan fingerprint density at radius 3 is 2.15 bits per heavy atom. The first-order valence-corrected chi connectivity index (χ1v) is 14.5. The van der Waals surface area contributed by atoms with Crippen molar-refractivity contribution in [3.05, 3.63) is 105 Å². The van der Waals surface area contributed by atoms with Crippen LogP contribution in [-0.4, -0.2) is 29.3 Å². The van der Waals surface area contributed by atoms with Crippen molar-refractivity contribution in [1.82, 2.24) is 10.2 Å². The van der Waals surface area contributed by atoms with Gasteiger partial charge in [0.25, 0.3) is 0 Å². The van der Waals surface area contributed by atoms with E-state index < -0.39 is 6.04 Å². The highest BCUT2D eigenvalue weighted by Gasteiger charge is 2.30. The Morgan fingerprint density at radius 1 is 0.872 bits per heavy atom. The van der Waals surface area contributed by atoms with E-state index in [9.17, 15) is 9.59 Å². The first-order valence-electron chi connectivity index (χ1n) is 13.7. The van der Waals surface area contributed by atoms with Crippen LogP contribution < -0.4 is 5.32 Å². The zero-order chi connectivity index (χ0) is 28.4. The first kappa shape index (κ1) is 30.7. The molecule has 0 unspecified atom stereocenters. The van der Waals surface area contributed by atoms with Gasteiger partial charge in [-0.05, 0) is 52.6 Å². The number of rotatable bonds is 12. The van der Waals surface area contributed by atoms with E-state index in [1.165, 1.54) is 5.56 Å². The molecule has 3 aromatic rings. The maximum Gasteiger partial charge on any atom is 0.243 e. The van der Waals surface area contributed by atoms with Gasteiger partial charge in [0.15, 0.2) is 0 Å². The van der Waals surface area contributed by atoms with Gasteiger partial charge in [-0.2, -0.15) is 0 Å². The van der Waals surface area contributed by atoms with Gasteiger partial charge in [-0.15, -0.1) is 0 Å². The molecule has 0 aromatic heterocycles. The minimum Gasteiger partial charge on any atom is -0.354 e. The van der Waals surface area contributed by atoms with Crippen LogP contribution >= 0.6 is 23.2 Å². The predicted octanol–water partition coefficient (Wildman–Crippen LogP) is 7.78. The van der Waals surface area contributed by atoms with Gasteiger partial charge in [0, 0.05) is 25.9 Å². The molecule has 0 fully saturated rings. The summed E-state index contributed by atoms with van der Waals surface area (Å²) in [5, 5.41) is 3.94. The maximum atomic E-state index is 13.9. The van der Waals surface area contributed by atoms with Crippen LogP contribution in [0, 0.1) is 0 Å². The lowest BCUT2D eigenvalue weighted by atomic mass is 9.86. The van der Waals surface area contributed by atoms with Crippen molar-refractivity contribution in [2.24, 2.45) is 0 Å². The largest absolute Gasteiger partial charge is 0.354 e. The number of carbonyl (C=O) groups is 2. The van der Waals surface area contributed by atoms with Gasteiger partial charge < -0.3 is 10.2 Å². The second-order valence-corrected chi connectivity index (χ2v) is 11.9. The van der Waals surface area contributed by atoms with Crippen molar-refractivity contribution in [2.75, 3.05) is 6.54 Å². The summed E-state index contributed by atoms with van der Waals surface area (Å²) in [7, 11) is 0. The molecule has 208 valence electrons. The molecule has 4 nitrogen and oxygen atoms in total. The van der Waals surface area contributed by atoms with Crippen molar-refractivity contribution < 1.29 is 9.59 Å². The van der Waals surface area contributed by atoms with Crippen LogP contribution in [0.3, 0.4) is 0 Å². The van der Waals surface area contributed by atoms with Gasteiger partial charge in [0.1, 0.15) is 6.04 Å². The number of carbonyl (C=O) groups excluding carboxylic acids is 2. The first-order chi connectivity index (χ1) is 18.6. The van der Waals surface area contributed by atoms with E-state index in [-0.39, 0.29) is 23.8 Å². The molecule has 1 atom stereocenters. The third-order valence-electron chi connectivity index (χ3n) is 6.89. The van der Waals surface area contributed by atoms with E-state index in [1.807, 2.05) is 36.4 Å². The second kappa shape index (κ2) is 14.5. The molecule has 6 heteroatoms. The molecule has 2 amide bonds. The van der Waals surface area contributed by atoms with Gasteiger partial charge in [-0.1, -0.05) is 118 Å². The fraction of sp³-hybridized carbons (Fsp3) is 0.394. The summed E-state index contributed by atoms with van der Waals surface area (Å²) in [6.45, 7) is 9.48. The second-order valence-electron chi connectivity index (χ2n) is 11.1. The number of nitrogens with zero attached hydrogens (tertiary/aromatic N) is 1. The fourth-order valence-corrected chi connectivity index (χ4v) is 4.78. The van der Waals surface area contributed by atoms with Crippen LogP contribution in [0.15, 0.2) is 72.8 Å². The number of benzene rings is 3. The van der Waals surface area contributed by atoms with Crippen molar-refractivity contribution in [2.45, 2.75) is 77.8 Å². The zero-order valence-corrected chi connectivity index (χ0v) is 25.0. The SMILES string of the molecule is CCCCNC(=O)[C@H](Cc1ccccc1)N(Cc1ccc(Cl)c(Cl)c1)C(=O)CCc1ccc(C(C)(C)C)cc1. The Morgan fingerprint density at radius 2 is 1.54 bits per heavy atom. The molecule has 0 spiro atoms. The van der Waals surface area contributed by atoms with Crippen LogP contribution in [0.5, 0.6) is 0 Å². The lowest BCUT2D eigenvalue weighted by Gasteiger charge is -2.32. The highest BCUT2D eigenvalue weighted by molar-refractivity contribution is 6.42. The standard InChI is InChI=1S/C33H40Cl2N2O2/c1-5-6-20-36-32(39)30(22-25-10-8-7-9-11-25)37(23-26-14-18-28(34)29(35)21-26)31(38)19-15-24-12-16-27(17-13-24)33(2,3)4/h7-14,16-18,21,30H,5-6,15,19-20,22-23H2,1-4H3,(H,36,39)/t30-/m0/s1. The molecule has 1 N–H and O–H groups in total. The summed E-state index contributed by atoms with van der Waals surface area (Å²) >= 11 is 12.5. The predicted molar refractivity (Wildman–Crippen MR) is 162 cm³/mol. The maximum absolute atomic E-state index is 13.9. The lowest BCUT2D eigenvalue weighted by molar-refractivity contribution is -0.141. The van der Waals surface area contributed by atoms with Crippen molar-refractivity contribution in [1.29, 1.82) is 0 Å². The number of hydrogen-bond acceptors (Lipinski definition) is 2. The van der Waals surface area contributed by atoms with E-state index in [1.54, 1.807) is 17.0 Å². The van der Waals surface area contributed by atoms with Crippen molar-refractivity contribution in [3.8, 4) is 0 Å². The van der Waals surface area contributed by atoms with Crippen LogP contribution in [0.2, 0.25) is 10.0 Å². The average molecular weight is 568 g/mol. The van der Waals surface area contributed by atoms with E-state index in [4.69, 9.17) is 23.2 Å². The summed E-state index contributed by atoms with van der Waals surface area (Å²) in [6, 6.07) is 23.0. The number of halogens is 2. The third kappa shape index (κ3) is 9.40. The average Bonchev–Trinajstić information content (AvgIpc) is 2.91. The van der Waals surface area contributed by atoms with Crippen LogP contribution in [0.1, 0.15) is 69.2 Å². The topological polar surface area (TPSA) is 49.4 Å². The minimum absolute atomic E-state index is 0.0702. The monoisotopic (exact) mass is 566 g/mol. The molecule has 39 heavy (non-hydrogen) atoms. The normalized spacial score (nSPS) is 12.2. The summed E-state index contributed by atoms with van der Waals surface area (Å²) in [5.41, 5.74) is 4.24. The highest BCUT2D eigenvalue weighted by atomic mass is 35.5. The smallest absolute Gasteiger partial charge is 0.243 e. The van der Waals surface area contributed by atoms with E-state index in [0.717, 1.165) is 29.5 Å². The number of nitrogens with one attached hydrogen (secondary N) is 1. The molecule has 0 heterocycles. The number of unbranched alkanes of at least 4 members (excludes halogenated alkanes) is 1. The Bertz CT molecular complexity index is 1220. The molecule has 0 bridgehead atoms. The third-order valence-corrected chi connectivity index (χ3v) is 7.62. The molecule has 3 rings (SSSR count). The Balaban J connectivity index is 1.88. The molecule has 0 saturated carbocycles. The Kier molecular flexibility index (Phi) is 11.4. The van der Waals surface area contributed by atoms with Gasteiger partial charge in [-0.3, -0.25) is 9.59 Å². The molecular formula is C33H40Cl2N2O2. The van der Waals surface area contributed by atoms with E-state index in [0.29, 0.717) is 35.9 Å². The van der Waals surface area contributed by atoms with Gasteiger partial charge in [0.2, 0.25) is 11.8 Å². The minimum atomic E-state index is -0.658. The summed E-state index contributed by atoms with van der Waals surface area (Å²) in [4.78, 5) is 29.1.